The maximum absolute atomic E-state index is 13.0. The average molecular weight is 377 g/mol. The number of methoxy groups -OCH3 is 2. The summed E-state index contributed by atoms with van der Waals surface area (Å²) in [5.74, 6) is 1.58. The number of nitrogens with zero attached hydrogens (tertiary/aromatic N) is 1. The van der Waals surface area contributed by atoms with Crippen molar-refractivity contribution in [2.75, 3.05) is 25.7 Å². The van der Waals surface area contributed by atoms with E-state index in [1.165, 1.54) is 0 Å². The molecule has 28 heavy (non-hydrogen) atoms. The number of hydrogen-bond donors (Lipinski definition) is 0. The molecule has 0 fully saturated rings. The van der Waals surface area contributed by atoms with Crippen LogP contribution >= 0.6 is 0 Å². The van der Waals surface area contributed by atoms with E-state index in [-0.39, 0.29) is 12.5 Å². The fraction of sp³-hybridized carbons (Fsp3) is 0.174. The van der Waals surface area contributed by atoms with Crippen molar-refractivity contribution in [3.63, 3.8) is 0 Å². The Hall–Kier alpha value is -3.47. The molecule has 0 aliphatic carbocycles. The molecule has 0 saturated carbocycles. The van der Waals surface area contributed by atoms with Gasteiger partial charge in [-0.25, -0.2) is 0 Å². The Bertz CT molecular complexity index is 875. The lowest BCUT2D eigenvalue weighted by Crippen LogP contribution is -2.34. The summed E-state index contributed by atoms with van der Waals surface area (Å²) in [6.07, 6.45) is 0. The third-order valence-electron chi connectivity index (χ3n) is 4.24. The van der Waals surface area contributed by atoms with Gasteiger partial charge in [0.25, 0.3) is 5.91 Å². The number of ether oxygens (including phenoxy) is 3. The van der Waals surface area contributed by atoms with Crippen molar-refractivity contribution in [1.29, 1.82) is 0 Å². The molecule has 3 rings (SSSR count). The molecule has 0 saturated heterocycles. The second-order valence-corrected chi connectivity index (χ2v) is 6.14. The van der Waals surface area contributed by atoms with Crippen LogP contribution in [0.1, 0.15) is 5.56 Å². The molecule has 0 N–H and O–H groups in total. The van der Waals surface area contributed by atoms with Gasteiger partial charge < -0.3 is 19.1 Å². The quantitative estimate of drug-likeness (QED) is 0.587. The van der Waals surface area contributed by atoms with Crippen LogP contribution in [0.3, 0.4) is 0 Å². The molecule has 144 valence electrons. The van der Waals surface area contributed by atoms with Gasteiger partial charge in [-0.05, 0) is 17.7 Å². The van der Waals surface area contributed by atoms with E-state index in [1.54, 1.807) is 37.3 Å². The van der Waals surface area contributed by atoms with Gasteiger partial charge in [-0.3, -0.25) is 4.79 Å². The first-order chi connectivity index (χ1) is 13.7. The lowest BCUT2D eigenvalue weighted by molar-refractivity contribution is -0.120. The third kappa shape index (κ3) is 5.04. The molecule has 0 spiro atoms. The Morgan fingerprint density at radius 1 is 0.786 bits per heavy atom. The zero-order chi connectivity index (χ0) is 19.8. The summed E-state index contributed by atoms with van der Waals surface area (Å²) in [7, 11) is 3.14. The highest BCUT2D eigenvalue weighted by Gasteiger charge is 2.17. The second kappa shape index (κ2) is 9.46. The van der Waals surface area contributed by atoms with Gasteiger partial charge in [-0.2, -0.15) is 0 Å². The summed E-state index contributed by atoms with van der Waals surface area (Å²) in [5.41, 5.74) is 1.87. The molecule has 0 aliphatic rings. The van der Waals surface area contributed by atoms with Gasteiger partial charge in [-0.1, -0.05) is 48.5 Å². The summed E-state index contributed by atoms with van der Waals surface area (Å²) in [5, 5.41) is 0. The molecule has 3 aromatic carbocycles. The molecular weight excluding hydrogens is 354 g/mol. The van der Waals surface area contributed by atoms with Crippen LogP contribution in [0.25, 0.3) is 0 Å². The normalized spacial score (nSPS) is 10.2. The van der Waals surface area contributed by atoms with Gasteiger partial charge in [0.15, 0.2) is 6.61 Å². The Labute approximate surface area is 165 Å². The predicted octanol–water partition coefficient (Wildman–Crippen LogP) is 4.32. The molecule has 5 nitrogen and oxygen atoms in total. The fourth-order valence-electron chi connectivity index (χ4n) is 2.79. The summed E-state index contributed by atoms with van der Waals surface area (Å²) in [6, 6.07) is 24.6. The number of amides is 1. The van der Waals surface area contributed by atoms with Crippen LogP contribution in [0, 0.1) is 0 Å². The standard InChI is InChI=1S/C23H23NO4/c1-26-20-13-21(27-2)15-22(14-20)28-17-23(25)24(19-11-7-4-8-12-19)16-18-9-5-3-6-10-18/h3-15H,16-17H2,1-2H3. The summed E-state index contributed by atoms with van der Waals surface area (Å²) in [4.78, 5) is 14.7. The van der Waals surface area contributed by atoms with E-state index >= 15 is 0 Å². The van der Waals surface area contributed by atoms with E-state index in [9.17, 15) is 4.79 Å². The summed E-state index contributed by atoms with van der Waals surface area (Å²) >= 11 is 0. The zero-order valence-electron chi connectivity index (χ0n) is 16.0. The maximum Gasteiger partial charge on any atom is 0.265 e. The lowest BCUT2D eigenvalue weighted by Gasteiger charge is -2.23. The lowest BCUT2D eigenvalue weighted by atomic mass is 10.2. The first-order valence-electron chi connectivity index (χ1n) is 8.95. The molecule has 0 heterocycles. The maximum atomic E-state index is 13.0. The van der Waals surface area contributed by atoms with E-state index in [4.69, 9.17) is 14.2 Å². The molecule has 0 atom stereocenters. The monoisotopic (exact) mass is 377 g/mol. The van der Waals surface area contributed by atoms with E-state index in [0.717, 1.165) is 11.3 Å². The van der Waals surface area contributed by atoms with Crippen LogP contribution < -0.4 is 19.1 Å². The van der Waals surface area contributed by atoms with Crippen LogP contribution in [0.2, 0.25) is 0 Å². The Morgan fingerprint density at radius 3 is 1.89 bits per heavy atom. The number of benzene rings is 3. The van der Waals surface area contributed by atoms with Crippen LogP contribution in [-0.2, 0) is 11.3 Å². The second-order valence-electron chi connectivity index (χ2n) is 6.14. The topological polar surface area (TPSA) is 48.0 Å². The largest absolute Gasteiger partial charge is 0.496 e. The molecule has 3 aromatic rings. The van der Waals surface area contributed by atoms with Gasteiger partial charge in [0.05, 0.1) is 20.8 Å². The van der Waals surface area contributed by atoms with Gasteiger partial charge in [-0.15, -0.1) is 0 Å². The SMILES string of the molecule is COc1cc(OC)cc(OCC(=O)N(Cc2ccccc2)c2ccccc2)c1. The molecule has 0 aromatic heterocycles. The fourth-order valence-corrected chi connectivity index (χ4v) is 2.79. The number of hydrogen-bond acceptors (Lipinski definition) is 4. The van der Waals surface area contributed by atoms with Crippen molar-refractivity contribution >= 4 is 11.6 Å². The van der Waals surface area contributed by atoms with Gasteiger partial charge in [0, 0.05) is 23.9 Å². The Balaban J connectivity index is 1.76. The van der Waals surface area contributed by atoms with Crippen molar-refractivity contribution in [3.05, 3.63) is 84.4 Å². The smallest absolute Gasteiger partial charge is 0.265 e. The average Bonchev–Trinajstić information content (AvgIpc) is 2.76. The summed E-state index contributed by atoms with van der Waals surface area (Å²) < 4.78 is 16.2. The highest BCUT2D eigenvalue weighted by atomic mass is 16.5. The number of carbonyl (C=O) groups excluding carboxylic acids is 1. The van der Waals surface area contributed by atoms with Crippen LogP contribution in [0.15, 0.2) is 78.9 Å². The van der Waals surface area contributed by atoms with E-state index in [1.807, 2.05) is 60.7 Å². The van der Waals surface area contributed by atoms with E-state index in [0.29, 0.717) is 23.8 Å². The number of para-hydroxylation sites is 1. The van der Waals surface area contributed by atoms with Crippen molar-refractivity contribution in [2.24, 2.45) is 0 Å². The van der Waals surface area contributed by atoms with E-state index < -0.39 is 0 Å². The van der Waals surface area contributed by atoms with Crippen molar-refractivity contribution in [3.8, 4) is 17.2 Å². The molecule has 1 amide bonds. The first-order valence-corrected chi connectivity index (χ1v) is 8.95. The van der Waals surface area contributed by atoms with Crippen molar-refractivity contribution in [2.45, 2.75) is 6.54 Å². The van der Waals surface area contributed by atoms with E-state index in [2.05, 4.69) is 0 Å². The third-order valence-corrected chi connectivity index (χ3v) is 4.24. The van der Waals surface area contributed by atoms with Gasteiger partial charge in [0.2, 0.25) is 0 Å². The highest BCUT2D eigenvalue weighted by molar-refractivity contribution is 5.94. The molecule has 0 radical (unpaired) electrons. The zero-order valence-corrected chi connectivity index (χ0v) is 16.0. The molecule has 0 bridgehead atoms. The molecule has 0 aliphatic heterocycles. The minimum Gasteiger partial charge on any atom is -0.496 e. The van der Waals surface area contributed by atoms with Crippen LogP contribution in [0.5, 0.6) is 17.2 Å². The highest BCUT2D eigenvalue weighted by Crippen LogP contribution is 2.27. The number of carbonyl (C=O) groups is 1. The van der Waals surface area contributed by atoms with Gasteiger partial charge >= 0.3 is 0 Å². The number of anilines is 1. The van der Waals surface area contributed by atoms with Crippen molar-refractivity contribution in [1.82, 2.24) is 0 Å². The number of rotatable bonds is 8. The molecule has 0 unspecified atom stereocenters. The first kappa shape index (κ1) is 19.3. The van der Waals surface area contributed by atoms with Crippen LogP contribution in [0.4, 0.5) is 5.69 Å². The minimum atomic E-state index is -0.142. The van der Waals surface area contributed by atoms with Gasteiger partial charge in [0.1, 0.15) is 17.2 Å². The predicted molar refractivity (Wildman–Crippen MR) is 109 cm³/mol. The minimum absolute atomic E-state index is 0.0992. The Kier molecular flexibility index (Phi) is 6.52. The molecular formula is C23H23NO4. The van der Waals surface area contributed by atoms with Crippen LogP contribution in [-0.4, -0.2) is 26.7 Å². The summed E-state index contributed by atoms with van der Waals surface area (Å²) in [6.45, 7) is 0.368. The van der Waals surface area contributed by atoms with Crippen molar-refractivity contribution < 1.29 is 19.0 Å². The Morgan fingerprint density at radius 2 is 1.32 bits per heavy atom. The molecule has 5 heteroatoms.